The van der Waals surface area contributed by atoms with E-state index in [2.05, 4.69) is 27.4 Å². The van der Waals surface area contributed by atoms with E-state index in [0.717, 1.165) is 12.3 Å². The molecule has 2 aliphatic rings. The molecule has 0 amide bonds. The fraction of sp³-hybridized carbons (Fsp3) is 0.769. The summed E-state index contributed by atoms with van der Waals surface area (Å²) < 4.78 is 5.40. The molecule has 2 saturated carbocycles. The number of rotatable bonds is 2. The Kier molecular flexibility index (Phi) is 2.40. The van der Waals surface area contributed by atoms with Crippen molar-refractivity contribution in [3.8, 4) is 0 Å². The maximum atomic E-state index is 11.2. The lowest BCUT2D eigenvalue weighted by Gasteiger charge is -2.39. The molecule has 15 heavy (non-hydrogen) atoms. The molecule has 4 unspecified atom stereocenters. The van der Waals surface area contributed by atoms with E-state index in [1.807, 2.05) is 0 Å². The summed E-state index contributed by atoms with van der Waals surface area (Å²) in [5, 5.41) is 0. The molecule has 2 bridgehead atoms. The van der Waals surface area contributed by atoms with Gasteiger partial charge in [-0.15, -0.1) is 0 Å². The summed E-state index contributed by atoms with van der Waals surface area (Å²) in [4.78, 5) is 11.2. The average molecular weight is 208 g/mol. The predicted molar refractivity (Wildman–Crippen MR) is 59.2 cm³/mol. The summed E-state index contributed by atoms with van der Waals surface area (Å²) in [5.74, 6) is 1.67. The van der Waals surface area contributed by atoms with Crippen LogP contribution in [0, 0.1) is 23.2 Å². The number of ether oxygens (including phenoxy) is 1. The van der Waals surface area contributed by atoms with Crippen LogP contribution in [0.5, 0.6) is 0 Å². The SMILES string of the molecule is C=CC(=O)OC1CC2CC1C(C)C2(C)C. The lowest BCUT2D eigenvalue weighted by molar-refractivity contribution is -0.148. The monoisotopic (exact) mass is 208 g/mol. The summed E-state index contributed by atoms with van der Waals surface area (Å²) in [7, 11) is 0. The normalized spacial score (nSPS) is 41.5. The minimum absolute atomic E-state index is 0.142. The molecule has 0 heterocycles. The van der Waals surface area contributed by atoms with Crippen LogP contribution < -0.4 is 0 Å². The lowest BCUT2D eigenvalue weighted by atomic mass is 9.69. The molecule has 0 aromatic rings. The minimum atomic E-state index is -0.266. The number of esters is 1. The van der Waals surface area contributed by atoms with Crippen LogP contribution in [0.15, 0.2) is 12.7 Å². The third-order valence-corrected chi connectivity index (χ3v) is 4.85. The van der Waals surface area contributed by atoms with Crippen LogP contribution in [0.25, 0.3) is 0 Å². The van der Waals surface area contributed by atoms with Gasteiger partial charge in [-0.25, -0.2) is 4.79 Å². The van der Waals surface area contributed by atoms with E-state index in [9.17, 15) is 4.79 Å². The Morgan fingerprint density at radius 2 is 2.13 bits per heavy atom. The number of hydrogen-bond donors (Lipinski definition) is 0. The Morgan fingerprint density at radius 3 is 2.60 bits per heavy atom. The Balaban J connectivity index is 2.06. The molecule has 84 valence electrons. The van der Waals surface area contributed by atoms with Gasteiger partial charge in [0.2, 0.25) is 0 Å². The van der Waals surface area contributed by atoms with Crippen LogP contribution in [0.1, 0.15) is 33.6 Å². The first-order valence-corrected chi connectivity index (χ1v) is 5.80. The van der Waals surface area contributed by atoms with E-state index in [-0.39, 0.29) is 12.1 Å². The largest absolute Gasteiger partial charge is 0.459 e. The second kappa shape index (κ2) is 3.36. The zero-order chi connectivity index (χ0) is 11.2. The molecule has 2 fully saturated rings. The molecule has 2 rings (SSSR count). The van der Waals surface area contributed by atoms with Crippen molar-refractivity contribution >= 4 is 5.97 Å². The quantitative estimate of drug-likeness (QED) is 0.515. The molecule has 0 radical (unpaired) electrons. The average Bonchev–Trinajstić information content (AvgIpc) is 2.67. The maximum Gasteiger partial charge on any atom is 0.330 e. The van der Waals surface area contributed by atoms with E-state index in [1.54, 1.807) is 0 Å². The fourth-order valence-corrected chi connectivity index (χ4v) is 3.42. The standard InChI is InChI=1S/C13H20O2/c1-5-12(14)15-11-7-9-6-10(11)8(2)13(9,3)4/h5,8-11H,1,6-7H2,2-4H3. The summed E-state index contributed by atoms with van der Waals surface area (Å²) in [6, 6.07) is 0. The van der Waals surface area contributed by atoms with Crippen molar-refractivity contribution in [3.63, 3.8) is 0 Å². The molecular formula is C13H20O2. The van der Waals surface area contributed by atoms with Gasteiger partial charge in [-0.3, -0.25) is 0 Å². The highest BCUT2D eigenvalue weighted by molar-refractivity contribution is 5.81. The van der Waals surface area contributed by atoms with Gasteiger partial charge in [0, 0.05) is 6.08 Å². The van der Waals surface area contributed by atoms with Gasteiger partial charge in [0.15, 0.2) is 0 Å². The van der Waals surface area contributed by atoms with Crippen LogP contribution in [0.2, 0.25) is 0 Å². The summed E-state index contributed by atoms with van der Waals surface area (Å²) >= 11 is 0. The summed E-state index contributed by atoms with van der Waals surface area (Å²) in [6.45, 7) is 10.4. The van der Waals surface area contributed by atoms with Crippen molar-refractivity contribution in [1.82, 2.24) is 0 Å². The molecule has 2 heteroatoms. The number of hydrogen-bond acceptors (Lipinski definition) is 2. The minimum Gasteiger partial charge on any atom is -0.459 e. The number of carbonyl (C=O) groups is 1. The molecule has 2 nitrogen and oxygen atoms in total. The first-order valence-electron chi connectivity index (χ1n) is 5.80. The van der Waals surface area contributed by atoms with Crippen molar-refractivity contribution in [2.45, 2.75) is 39.7 Å². The van der Waals surface area contributed by atoms with Crippen molar-refractivity contribution < 1.29 is 9.53 Å². The van der Waals surface area contributed by atoms with Crippen molar-refractivity contribution in [3.05, 3.63) is 12.7 Å². The third kappa shape index (κ3) is 1.51. The van der Waals surface area contributed by atoms with Gasteiger partial charge in [0.25, 0.3) is 0 Å². The highest BCUT2D eigenvalue weighted by Gasteiger charge is 2.56. The van der Waals surface area contributed by atoms with E-state index < -0.39 is 0 Å². The van der Waals surface area contributed by atoms with Crippen LogP contribution >= 0.6 is 0 Å². The van der Waals surface area contributed by atoms with Gasteiger partial charge < -0.3 is 4.74 Å². The Labute approximate surface area is 91.7 Å². The third-order valence-electron chi connectivity index (χ3n) is 4.85. The predicted octanol–water partition coefficient (Wildman–Crippen LogP) is 2.79. The molecule has 0 aliphatic heterocycles. The second-order valence-corrected chi connectivity index (χ2v) is 5.62. The molecular weight excluding hydrogens is 188 g/mol. The zero-order valence-electron chi connectivity index (χ0n) is 9.82. The highest BCUT2D eigenvalue weighted by atomic mass is 16.5. The molecule has 0 N–H and O–H groups in total. The molecule has 4 atom stereocenters. The molecule has 0 aromatic carbocycles. The van der Waals surface area contributed by atoms with E-state index >= 15 is 0 Å². The zero-order valence-corrected chi connectivity index (χ0v) is 9.82. The topological polar surface area (TPSA) is 26.3 Å². The van der Waals surface area contributed by atoms with Crippen LogP contribution in [0.3, 0.4) is 0 Å². The Bertz CT molecular complexity index is 289. The van der Waals surface area contributed by atoms with Gasteiger partial charge in [-0.2, -0.15) is 0 Å². The fourth-order valence-electron chi connectivity index (χ4n) is 3.42. The highest BCUT2D eigenvalue weighted by Crippen LogP contribution is 2.59. The molecule has 0 saturated heterocycles. The van der Waals surface area contributed by atoms with Crippen LogP contribution in [-0.4, -0.2) is 12.1 Å². The second-order valence-electron chi connectivity index (χ2n) is 5.62. The first-order chi connectivity index (χ1) is 6.96. The van der Waals surface area contributed by atoms with Crippen LogP contribution in [-0.2, 0) is 9.53 Å². The van der Waals surface area contributed by atoms with E-state index in [1.165, 1.54) is 12.5 Å². The summed E-state index contributed by atoms with van der Waals surface area (Å²) in [6.07, 6.45) is 3.68. The van der Waals surface area contributed by atoms with Gasteiger partial charge in [0.05, 0.1) is 0 Å². The van der Waals surface area contributed by atoms with E-state index in [0.29, 0.717) is 17.3 Å². The summed E-state index contributed by atoms with van der Waals surface area (Å²) in [5.41, 5.74) is 0.418. The van der Waals surface area contributed by atoms with Crippen molar-refractivity contribution in [1.29, 1.82) is 0 Å². The van der Waals surface area contributed by atoms with Gasteiger partial charge in [-0.1, -0.05) is 27.4 Å². The van der Waals surface area contributed by atoms with Crippen molar-refractivity contribution in [2.75, 3.05) is 0 Å². The Morgan fingerprint density at radius 1 is 1.47 bits per heavy atom. The first kappa shape index (κ1) is 10.7. The number of fused-ring (bicyclic) bond motifs is 2. The van der Waals surface area contributed by atoms with E-state index in [4.69, 9.17) is 4.74 Å². The van der Waals surface area contributed by atoms with Crippen molar-refractivity contribution in [2.24, 2.45) is 23.2 Å². The molecule has 2 aliphatic carbocycles. The van der Waals surface area contributed by atoms with Gasteiger partial charge >= 0.3 is 5.97 Å². The van der Waals surface area contributed by atoms with Gasteiger partial charge in [0.1, 0.15) is 6.10 Å². The molecule has 0 spiro atoms. The maximum absolute atomic E-state index is 11.2. The number of carbonyl (C=O) groups excluding carboxylic acids is 1. The lowest BCUT2D eigenvalue weighted by Crippen LogP contribution is -2.37. The smallest absolute Gasteiger partial charge is 0.330 e. The van der Waals surface area contributed by atoms with Gasteiger partial charge in [-0.05, 0) is 36.0 Å². The Hall–Kier alpha value is -0.790. The molecule has 0 aromatic heterocycles. The van der Waals surface area contributed by atoms with Crippen LogP contribution in [0.4, 0.5) is 0 Å².